The zero-order valence-electron chi connectivity index (χ0n) is 11.1. The van der Waals surface area contributed by atoms with Crippen molar-refractivity contribution in [2.24, 2.45) is 0 Å². The summed E-state index contributed by atoms with van der Waals surface area (Å²) in [5.41, 5.74) is 2.19. The van der Waals surface area contributed by atoms with E-state index in [4.69, 9.17) is 0 Å². The molecule has 0 fully saturated rings. The van der Waals surface area contributed by atoms with Crippen LogP contribution in [0.4, 0.5) is 5.69 Å². The number of rotatable bonds is 3. The smallest absolute Gasteiger partial charge is 0.234 e. The van der Waals surface area contributed by atoms with Crippen LogP contribution >= 0.6 is 11.3 Å². The maximum atomic E-state index is 4.61. The minimum absolute atomic E-state index is 0.316. The maximum Gasteiger partial charge on any atom is 0.234 e. The van der Waals surface area contributed by atoms with Crippen LogP contribution in [0.1, 0.15) is 25.6 Å². The van der Waals surface area contributed by atoms with E-state index in [2.05, 4.69) is 46.6 Å². The van der Waals surface area contributed by atoms with Gasteiger partial charge in [-0.25, -0.2) is 0 Å². The molecule has 0 aliphatic rings. The third-order valence-electron chi connectivity index (χ3n) is 2.95. The molecule has 98 valence electrons. The topological polar surface area (TPSA) is 55.1 Å². The summed E-state index contributed by atoms with van der Waals surface area (Å²) in [5, 5.41) is 17.0. The average Bonchev–Trinajstić information content (AvgIpc) is 2.98. The van der Waals surface area contributed by atoms with Crippen molar-refractivity contribution < 1.29 is 0 Å². The predicted octanol–water partition coefficient (Wildman–Crippen LogP) is 3.02. The second-order valence-electron chi connectivity index (χ2n) is 4.64. The Bertz CT molecular complexity index is 695. The van der Waals surface area contributed by atoms with Crippen molar-refractivity contribution in [1.82, 2.24) is 19.8 Å². The van der Waals surface area contributed by atoms with Crippen LogP contribution < -0.4 is 5.32 Å². The molecular weight excluding hydrogens is 258 g/mol. The number of nitrogens with one attached hydrogen (secondary N) is 1. The van der Waals surface area contributed by atoms with Crippen LogP contribution in [0.3, 0.4) is 0 Å². The SMILES string of the molecule is CNc1ccc(-c2nn3c(C(C)C)nnc3s2)cc1. The highest BCUT2D eigenvalue weighted by Gasteiger charge is 2.14. The summed E-state index contributed by atoms with van der Waals surface area (Å²) in [6, 6.07) is 8.21. The molecule has 0 spiro atoms. The van der Waals surface area contributed by atoms with Gasteiger partial charge in [0.1, 0.15) is 5.01 Å². The highest BCUT2D eigenvalue weighted by Crippen LogP contribution is 2.27. The number of aromatic nitrogens is 4. The fourth-order valence-electron chi connectivity index (χ4n) is 1.89. The number of benzene rings is 1. The molecule has 0 amide bonds. The molecule has 2 aromatic heterocycles. The molecule has 3 rings (SSSR count). The lowest BCUT2D eigenvalue weighted by molar-refractivity contribution is 0.727. The van der Waals surface area contributed by atoms with Crippen molar-refractivity contribution >= 4 is 22.0 Å². The zero-order valence-corrected chi connectivity index (χ0v) is 11.9. The van der Waals surface area contributed by atoms with Gasteiger partial charge in [0.25, 0.3) is 0 Å². The van der Waals surface area contributed by atoms with Gasteiger partial charge in [-0.1, -0.05) is 25.2 Å². The van der Waals surface area contributed by atoms with E-state index < -0.39 is 0 Å². The van der Waals surface area contributed by atoms with Gasteiger partial charge < -0.3 is 5.32 Å². The molecule has 0 unspecified atom stereocenters. The summed E-state index contributed by atoms with van der Waals surface area (Å²) in [6.07, 6.45) is 0. The standard InChI is InChI=1S/C13H15N5S/c1-8(2)11-15-16-13-18(11)17-12(19-13)9-4-6-10(14-3)7-5-9/h4-8,14H,1-3H3. The molecule has 0 atom stereocenters. The minimum atomic E-state index is 0.316. The Labute approximate surface area is 115 Å². The summed E-state index contributed by atoms with van der Waals surface area (Å²) in [5.74, 6) is 1.22. The van der Waals surface area contributed by atoms with E-state index >= 15 is 0 Å². The second-order valence-corrected chi connectivity index (χ2v) is 5.60. The number of fused-ring (bicyclic) bond motifs is 1. The van der Waals surface area contributed by atoms with Crippen LogP contribution in [0.15, 0.2) is 24.3 Å². The van der Waals surface area contributed by atoms with E-state index in [9.17, 15) is 0 Å². The van der Waals surface area contributed by atoms with E-state index in [-0.39, 0.29) is 0 Å². The largest absolute Gasteiger partial charge is 0.388 e. The van der Waals surface area contributed by atoms with Crippen molar-refractivity contribution in [1.29, 1.82) is 0 Å². The van der Waals surface area contributed by atoms with Crippen LogP contribution in [0.2, 0.25) is 0 Å². The van der Waals surface area contributed by atoms with Crippen molar-refractivity contribution in [2.45, 2.75) is 19.8 Å². The zero-order chi connectivity index (χ0) is 13.4. The molecule has 5 nitrogen and oxygen atoms in total. The van der Waals surface area contributed by atoms with Crippen LogP contribution in [0.25, 0.3) is 15.5 Å². The van der Waals surface area contributed by atoms with E-state index in [0.717, 1.165) is 27.0 Å². The molecular formula is C13H15N5S. The Morgan fingerprint density at radius 3 is 2.53 bits per heavy atom. The fraction of sp³-hybridized carbons (Fsp3) is 0.308. The summed E-state index contributed by atoms with van der Waals surface area (Å²) in [4.78, 5) is 0.844. The molecule has 0 aliphatic carbocycles. The third-order valence-corrected chi connectivity index (χ3v) is 3.90. The quantitative estimate of drug-likeness (QED) is 0.797. The van der Waals surface area contributed by atoms with E-state index in [0.29, 0.717) is 5.92 Å². The number of hydrogen-bond acceptors (Lipinski definition) is 5. The first-order valence-electron chi connectivity index (χ1n) is 6.19. The average molecular weight is 273 g/mol. The summed E-state index contributed by atoms with van der Waals surface area (Å²) >= 11 is 1.56. The van der Waals surface area contributed by atoms with E-state index in [1.807, 2.05) is 23.7 Å². The minimum Gasteiger partial charge on any atom is -0.388 e. The molecule has 1 N–H and O–H groups in total. The third kappa shape index (κ3) is 2.08. The maximum absolute atomic E-state index is 4.61. The lowest BCUT2D eigenvalue weighted by Crippen LogP contribution is -1.97. The van der Waals surface area contributed by atoms with Gasteiger partial charge in [0, 0.05) is 24.2 Å². The normalized spacial score (nSPS) is 11.4. The molecule has 6 heteroatoms. The Morgan fingerprint density at radius 2 is 1.89 bits per heavy atom. The van der Waals surface area contributed by atoms with Crippen molar-refractivity contribution in [3.63, 3.8) is 0 Å². The predicted molar refractivity (Wildman–Crippen MR) is 77.7 cm³/mol. The van der Waals surface area contributed by atoms with Crippen LogP contribution in [-0.4, -0.2) is 26.9 Å². The lowest BCUT2D eigenvalue weighted by atomic mass is 10.2. The van der Waals surface area contributed by atoms with E-state index in [1.54, 1.807) is 11.3 Å². The molecule has 0 aliphatic heterocycles. The monoisotopic (exact) mass is 273 g/mol. The Hall–Kier alpha value is -1.95. The lowest BCUT2D eigenvalue weighted by Gasteiger charge is -2.00. The number of hydrogen-bond donors (Lipinski definition) is 1. The molecule has 1 aromatic carbocycles. The van der Waals surface area contributed by atoms with Crippen molar-refractivity contribution in [3.8, 4) is 10.6 Å². The molecule has 0 saturated carbocycles. The molecule has 0 radical (unpaired) electrons. The molecule has 0 saturated heterocycles. The van der Waals surface area contributed by atoms with Gasteiger partial charge in [-0.15, -0.1) is 10.2 Å². The van der Waals surface area contributed by atoms with Gasteiger partial charge in [0.2, 0.25) is 4.96 Å². The Kier molecular flexibility index (Phi) is 2.94. The van der Waals surface area contributed by atoms with E-state index in [1.165, 1.54) is 0 Å². The summed E-state index contributed by atoms with van der Waals surface area (Å²) in [7, 11) is 1.91. The van der Waals surface area contributed by atoms with Crippen molar-refractivity contribution in [2.75, 3.05) is 12.4 Å². The van der Waals surface area contributed by atoms with Gasteiger partial charge in [0.15, 0.2) is 5.82 Å². The van der Waals surface area contributed by atoms with Crippen LogP contribution in [0.5, 0.6) is 0 Å². The summed E-state index contributed by atoms with van der Waals surface area (Å²) < 4.78 is 1.84. The number of nitrogens with zero attached hydrogens (tertiary/aromatic N) is 4. The first-order valence-corrected chi connectivity index (χ1v) is 7.01. The Balaban J connectivity index is 2.04. The van der Waals surface area contributed by atoms with Gasteiger partial charge in [-0.3, -0.25) is 0 Å². The first-order chi connectivity index (χ1) is 9.19. The van der Waals surface area contributed by atoms with Gasteiger partial charge >= 0.3 is 0 Å². The summed E-state index contributed by atoms with van der Waals surface area (Å²) in [6.45, 7) is 4.19. The first kappa shape index (κ1) is 12.1. The molecule has 2 heterocycles. The van der Waals surface area contributed by atoms with Gasteiger partial charge in [-0.05, 0) is 24.3 Å². The molecule has 3 aromatic rings. The van der Waals surface area contributed by atoms with Crippen molar-refractivity contribution in [3.05, 3.63) is 30.1 Å². The number of anilines is 1. The van der Waals surface area contributed by atoms with Gasteiger partial charge in [0.05, 0.1) is 0 Å². The highest BCUT2D eigenvalue weighted by atomic mass is 32.1. The van der Waals surface area contributed by atoms with Crippen LogP contribution in [0, 0.1) is 0 Å². The molecule has 0 bridgehead atoms. The Morgan fingerprint density at radius 1 is 1.16 bits per heavy atom. The van der Waals surface area contributed by atoms with Gasteiger partial charge in [-0.2, -0.15) is 9.61 Å². The highest BCUT2D eigenvalue weighted by molar-refractivity contribution is 7.19. The second kappa shape index (κ2) is 4.62. The fourth-order valence-corrected chi connectivity index (χ4v) is 2.74. The molecule has 19 heavy (non-hydrogen) atoms. The van der Waals surface area contributed by atoms with Crippen LogP contribution in [-0.2, 0) is 0 Å².